The highest BCUT2D eigenvalue weighted by Gasteiger charge is 2.12. The Morgan fingerprint density at radius 2 is 1.72 bits per heavy atom. The minimum absolute atomic E-state index is 0.137. The normalized spacial score (nSPS) is 12.0. The van der Waals surface area contributed by atoms with Gasteiger partial charge in [0.15, 0.2) is 0 Å². The summed E-state index contributed by atoms with van der Waals surface area (Å²) >= 11 is 0. The summed E-state index contributed by atoms with van der Waals surface area (Å²) in [4.78, 5) is 4.76. The lowest BCUT2D eigenvalue weighted by Gasteiger charge is -2.13. The highest BCUT2D eigenvalue weighted by molar-refractivity contribution is 6.24. The summed E-state index contributed by atoms with van der Waals surface area (Å²) in [5, 5.41) is 13.7. The maximum atomic E-state index is 5.89. The summed E-state index contributed by atoms with van der Waals surface area (Å²) in [6.45, 7) is 4.07. The Morgan fingerprint density at radius 3 is 2.52 bits per heavy atom. The number of aromatic nitrogens is 4. The molecule has 0 amide bonds. The second-order valence-corrected chi connectivity index (χ2v) is 6.46. The Bertz CT molecular complexity index is 1260. The topological polar surface area (TPSA) is 52.3 Å². The molecular weight excluding hydrogens is 312 g/mol. The number of hydrogen-bond donors (Lipinski definition) is 0. The summed E-state index contributed by atoms with van der Waals surface area (Å²) in [5.74, 6) is 1.47. The van der Waals surface area contributed by atoms with Crippen molar-refractivity contribution in [3.63, 3.8) is 0 Å². The number of fused-ring (bicyclic) bond motifs is 7. The van der Waals surface area contributed by atoms with E-state index >= 15 is 0 Å². The van der Waals surface area contributed by atoms with Gasteiger partial charge in [0.05, 0.1) is 11.6 Å². The molecule has 0 bridgehead atoms. The highest BCUT2D eigenvalue weighted by atomic mass is 16.5. The van der Waals surface area contributed by atoms with Crippen molar-refractivity contribution in [1.29, 1.82) is 0 Å². The van der Waals surface area contributed by atoms with Gasteiger partial charge >= 0.3 is 0 Å². The smallest absolute Gasteiger partial charge is 0.255 e. The summed E-state index contributed by atoms with van der Waals surface area (Å²) < 4.78 is 7.75. The third kappa shape index (κ3) is 2.12. The summed E-state index contributed by atoms with van der Waals surface area (Å²) in [5.41, 5.74) is 0.935. The van der Waals surface area contributed by atoms with Gasteiger partial charge < -0.3 is 4.74 Å². The molecule has 0 saturated carbocycles. The summed E-state index contributed by atoms with van der Waals surface area (Å²) in [6.07, 6.45) is 3.87. The molecule has 0 aliphatic carbocycles. The van der Waals surface area contributed by atoms with Crippen molar-refractivity contribution in [3.05, 3.63) is 55.0 Å². The molecule has 122 valence electrons. The molecule has 5 heteroatoms. The molecule has 0 fully saturated rings. The molecule has 0 aliphatic rings. The first-order chi connectivity index (χ1) is 12.2. The maximum Gasteiger partial charge on any atom is 0.255 e. The first-order valence-corrected chi connectivity index (χ1v) is 8.32. The van der Waals surface area contributed by atoms with Crippen LogP contribution in [0.4, 0.5) is 0 Å². The van der Waals surface area contributed by atoms with E-state index in [1.165, 1.54) is 5.39 Å². The van der Waals surface area contributed by atoms with Crippen LogP contribution in [0.2, 0.25) is 0 Å². The zero-order valence-corrected chi connectivity index (χ0v) is 14.0. The van der Waals surface area contributed by atoms with Crippen LogP contribution in [0.25, 0.3) is 38.2 Å². The van der Waals surface area contributed by atoms with Gasteiger partial charge in [0.25, 0.3) is 5.78 Å². The van der Waals surface area contributed by atoms with Crippen molar-refractivity contribution in [2.45, 2.75) is 20.0 Å². The molecule has 0 spiro atoms. The molecule has 5 nitrogen and oxygen atoms in total. The minimum atomic E-state index is 0.137. The number of ether oxygens (including phenoxy) is 1. The molecule has 5 rings (SSSR count). The molecule has 3 aromatic carbocycles. The van der Waals surface area contributed by atoms with E-state index in [4.69, 9.17) is 9.72 Å². The SMILES string of the molecule is CC(C)Oc1ccc2c(c1)c1ccccc1c1cn3cnnc3nc21. The molecule has 2 heterocycles. The van der Waals surface area contributed by atoms with Crippen LogP contribution in [0.1, 0.15) is 13.8 Å². The molecule has 25 heavy (non-hydrogen) atoms. The van der Waals surface area contributed by atoms with E-state index in [1.807, 2.05) is 24.3 Å². The highest BCUT2D eigenvalue weighted by Crippen LogP contribution is 2.35. The third-order valence-electron chi connectivity index (χ3n) is 4.41. The zero-order chi connectivity index (χ0) is 17.0. The van der Waals surface area contributed by atoms with Gasteiger partial charge in [0, 0.05) is 17.0 Å². The van der Waals surface area contributed by atoms with E-state index in [2.05, 4.69) is 52.8 Å². The van der Waals surface area contributed by atoms with E-state index in [-0.39, 0.29) is 6.10 Å². The van der Waals surface area contributed by atoms with Crippen LogP contribution < -0.4 is 4.74 Å². The van der Waals surface area contributed by atoms with Crippen LogP contribution >= 0.6 is 0 Å². The summed E-state index contributed by atoms with van der Waals surface area (Å²) in [7, 11) is 0. The fraction of sp³-hybridized carbons (Fsp3) is 0.150. The quantitative estimate of drug-likeness (QED) is 0.452. The van der Waals surface area contributed by atoms with Gasteiger partial charge in [0.2, 0.25) is 0 Å². The predicted molar refractivity (Wildman–Crippen MR) is 99.1 cm³/mol. The van der Waals surface area contributed by atoms with E-state index in [0.29, 0.717) is 5.78 Å². The fourth-order valence-electron chi connectivity index (χ4n) is 3.42. The van der Waals surface area contributed by atoms with E-state index in [9.17, 15) is 0 Å². The number of nitrogens with zero attached hydrogens (tertiary/aromatic N) is 4. The maximum absolute atomic E-state index is 5.89. The van der Waals surface area contributed by atoms with E-state index in [1.54, 1.807) is 6.33 Å². The fourth-order valence-corrected chi connectivity index (χ4v) is 3.42. The average molecular weight is 328 g/mol. The average Bonchev–Trinajstić information content (AvgIpc) is 3.07. The Kier molecular flexibility index (Phi) is 2.91. The van der Waals surface area contributed by atoms with Gasteiger partial charge in [-0.1, -0.05) is 24.3 Å². The van der Waals surface area contributed by atoms with Gasteiger partial charge in [0.1, 0.15) is 12.1 Å². The molecule has 0 saturated heterocycles. The Labute approximate surface area is 143 Å². The van der Waals surface area contributed by atoms with Crippen molar-refractivity contribution >= 4 is 38.2 Å². The zero-order valence-electron chi connectivity index (χ0n) is 14.0. The first kappa shape index (κ1) is 14.2. The van der Waals surface area contributed by atoms with Crippen molar-refractivity contribution in [2.24, 2.45) is 0 Å². The van der Waals surface area contributed by atoms with Crippen molar-refractivity contribution in [2.75, 3.05) is 0 Å². The van der Waals surface area contributed by atoms with E-state index < -0.39 is 0 Å². The summed E-state index contributed by atoms with van der Waals surface area (Å²) in [6, 6.07) is 14.6. The molecule has 2 aromatic heterocycles. The Morgan fingerprint density at radius 1 is 0.920 bits per heavy atom. The van der Waals surface area contributed by atoms with Crippen LogP contribution in [0, 0.1) is 0 Å². The van der Waals surface area contributed by atoms with Gasteiger partial charge in [-0.2, -0.15) is 0 Å². The number of rotatable bonds is 2. The molecule has 0 atom stereocenters. The largest absolute Gasteiger partial charge is 0.491 e. The van der Waals surface area contributed by atoms with E-state index in [0.717, 1.165) is 32.8 Å². The lowest BCUT2D eigenvalue weighted by atomic mass is 9.98. The van der Waals surface area contributed by atoms with Crippen molar-refractivity contribution in [3.8, 4) is 5.75 Å². The van der Waals surface area contributed by atoms with Crippen LogP contribution in [-0.2, 0) is 0 Å². The molecule has 0 aliphatic heterocycles. The van der Waals surface area contributed by atoms with Crippen LogP contribution in [0.3, 0.4) is 0 Å². The van der Waals surface area contributed by atoms with Gasteiger partial charge in [-0.15, -0.1) is 10.2 Å². The molecule has 0 radical (unpaired) electrons. The monoisotopic (exact) mass is 328 g/mol. The molecule has 0 unspecified atom stereocenters. The lowest BCUT2D eigenvalue weighted by Crippen LogP contribution is -2.05. The molecule has 0 N–H and O–H groups in total. The number of hydrogen-bond acceptors (Lipinski definition) is 4. The van der Waals surface area contributed by atoms with Gasteiger partial charge in [-0.25, -0.2) is 4.98 Å². The van der Waals surface area contributed by atoms with Crippen molar-refractivity contribution in [1.82, 2.24) is 19.6 Å². The second-order valence-electron chi connectivity index (χ2n) is 6.46. The second kappa shape index (κ2) is 5.14. The number of benzene rings is 3. The first-order valence-electron chi connectivity index (χ1n) is 8.32. The van der Waals surface area contributed by atoms with Crippen LogP contribution in [0.5, 0.6) is 5.75 Å². The van der Waals surface area contributed by atoms with Crippen molar-refractivity contribution < 1.29 is 4.74 Å². The molecular formula is C20H16N4O. The molecule has 5 aromatic rings. The lowest BCUT2D eigenvalue weighted by molar-refractivity contribution is 0.243. The van der Waals surface area contributed by atoms with Crippen LogP contribution in [0.15, 0.2) is 55.0 Å². The Balaban J connectivity index is 1.98. The van der Waals surface area contributed by atoms with Gasteiger partial charge in [-0.05, 0) is 48.2 Å². The minimum Gasteiger partial charge on any atom is -0.491 e. The van der Waals surface area contributed by atoms with Crippen LogP contribution in [-0.4, -0.2) is 25.7 Å². The standard InChI is InChI=1S/C20H16N4O/c1-12(2)25-13-7-8-16-17(9-13)14-5-3-4-6-15(14)18-10-24-11-21-23-20(24)22-19(16)18/h3-12H,1-2H3. The predicted octanol–water partition coefficient (Wildman–Crippen LogP) is 4.37. The third-order valence-corrected chi connectivity index (χ3v) is 4.41. The van der Waals surface area contributed by atoms with Gasteiger partial charge in [-0.3, -0.25) is 4.40 Å². The Hall–Kier alpha value is -3.21.